The van der Waals surface area contributed by atoms with Gasteiger partial charge in [-0.3, -0.25) is 13.7 Å². The van der Waals surface area contributed by atoms with E-state index in [1.54, 1.807) is 0 Å². The Balaban J connectivity index is 1.51. The summed E-state index contributed by atoms with van der Waals surface area (Å²) < 4.78 is 56.5. The standard InChI is InChI=1S/C30H57N3O12P2/c1-3-4-5-6-7-8-9-10-11-12-13-14-15-16-20-41-21-17-22-43-47(38,39)45-46(36,37)24-42-23-25-27(34)28(40-2)29(44-25)33-19-18-26(31)32-30(33)35/h18-19,25,27-29,34H,3-17,20-24H2,1-2H3,(H,36,37)(H,38,39)(H2,31,32,35)/t25-,27-,28-,29-/m1/s1. The maximum atomic E-state index is 12.3. The number of aromatic nitrogens is 2. The van der Waals surface area contributed by atoms with Gasteiger partial charge < -0.3 is 39.6 Å². The van der Waals surface area contributed by atoms with Gasteiger partial charge in [0.2, 0.25) is 0 Å². The number of nitrogens with two attached hydrogens (primary N) is 1. The Morgan fingerprint density at radius 3 is 2.04 bits per heavy atom. The van der Waals surface area contributed by atoms with E-state index in [1.807, 2.05) is 0 Å². The van der Waals surface area contributed by atoms with Gasteiger partial charge in [-0.25, -0.2) is 13.7 Å². The van der Waals surface area contributed by atoms with Crippen molar-refractivity contribution in [2.75, 3.05) is 45.6 Å². The first-order valence-electron chi connectivity index (χ1n) is 16.9. The molecule has 0 aromatic carbocycles. The molecule has 1 fully saturated rings. The molecule has 47 heavy (non-hydrogen) atoms. The molecule has 274 valence electrons. The summed E-state index contributed by atoms with van der Waals surface area (Å²) >= 11 is 0. The fourth-order valence-electron chi connectivity index (χ4n) is 5.29. The number of nitrogen functional groups attached to an aromatic ring is 1. The van der Waals surface area contributed by atoms with Crippen LogP contribution >= 0.6 is 15.4 Å². The SMILES string of the molecule is CCCCCCCCCCCCCCCCOCCCOP(=O)(O)OP(=O)(O)COC[C@H]1O[C@@H](n2ccc(N)nc2=O)[C@H](OC)[C@@H]1O. The van der Waals surface area contributed by atoms with Crippen LogP contribution < -0.4 is 11.4 Å². The average molecular weight is 714 g/mol. The molecule has 17 heteroatoms. The monoisotopic (exact) mass is 713 g/mol. The summed E-state index contributed by atoms with van der Waals surface area (Å²) in [6.45, 7) is 2.51. The topological polar surface area (TPSA) is 211 Å². The van der Waals surface area contributed by atoms with Gasteiger partial charge in [0, 0.05) is 26.5 Å². The van der Waals surface area contributed by atoms with Crippen molar-refractivity contribution < 1.29 is 51.8 Å². The number of ether oxygens (including phenoxy) is 4. The second kappa shape index (κ2) is 23.2. The highest BCUT2D eigenvalue weighted by molar-refractivity contribution is 7.63. The van der Waals surface area contributed by atoms with Crippen LogP contribution in [0.15, 0.2) is 17.1 Å². The van der Waals surface area contributed by atoms with Gasteiger partial charge in [-0.1, -0.05) is 90.4 Å². The number of unbranched alkanes of at least 4 members (excludes halogenated alkanes) is 13. The van der Waals surface area contributed by atoms with Crippen molar-refractivity contribution in [2.45, 2.75) is 128 Å². The van der Waals surface area contributed by atoms with Crippen molar-refractivity contribution in [3.8, 4) is 0 Å². The number of aliphatic hydroxyl groups excluding tert-OH is 1. The van der Waals surface area contributed by atoms with Gasteiger partial charge in [-0.2, -0.15) is 4.98 Å². The first-order chi connectivity index (χ1) is 22.5. The van der Waals surface area contributed by atoms with Crippen molar-refractivity contribution >= 4 is 21.2 Å². The molecule has 1 aliphatic heterocycles. The van der Waals surface area contributed by atoms with E-state index in [1.165, 1.54) is 96.4 Å². The van der Waals surface area contributed by atoms with Gasteiger partial charge in [0.25, 0.3) is 0 Å². The van der Waals surface area contributed by atoms with E-state index in [-0.39, 0.29) is 12.4 Å². The summed E-state index contributed by atoms with van der Waals surface area (Å²) in [6.07, 6.45) is 14.1. The Morgan fingerprint density at radius 1 is 0.894 bits per heavy atom. The van der Waals surface area contributed by atoms with Crippen LogP contribution in [0.5, 0.6) is 0 Å². The minimum Gasteiger partial charge on any atom is -0.387 e. The number of phosphoric ester groups is 1. The fraction of sp³-hybridized carbons (Fsp3) is 0.867. The molecule has 0 amide bonds. The number of phosphoric acid groups is 1. The van der Waals surface area contributed by atoms with Crippen LogP contribution in [0, 0.1) is 0 Å². The summed E-state index contributed by atoms with van der Waals surface area (Å²) in [7, 11) is -8.29. The largest absolute Gasteiger partial charge is 0.479 e. The maximum Gasteiger partial charge on any atom is 0.479 e. The Bertz CT molecular complexity index is 1140. The zero-order chi connectivity index (χ0) is 34.5. The lowest BCUT2D eigenvalue weighted by molar-refractivity contribution is -0.0690. The third kappa shape index (κ3) is 17.3. The van der Waals surface area contributed by atoms with Gasteiger partial charge in [-0.05, 0) is 18.9 Å². The van der Waals surface area contributed by atoms with Crippen LogP contribution in [0.25, 0.3) is 0 Å². The van der Waals surface area contributed by atoms with E-state index in [0.29, 0.717) is 19.6 Å². The molecule has 1 aromatic rings. The minimum atomic E-state index is -4.86. The summed E-state index contributed by atoms with van der Waals surface area (Å²) in [5, 5.41) is 10.6. The van der Waals surface area contributed by atoms with E-state index in [9.17, 15) is 28.8 Å². The van der Waals surface area contributed by atoms with Gasteiger partial charge in [0.15, 0.2) is 6.23 Å². The number of hydrogen-bond acceptors (Lipinski definition) is 12. The van der Waals surface area contributed by atoms with E-state index in [4.69, 9.17) is 29.2 Å². The fourth-order valence-corrected chi connectivity index (χ4v) is 7.65. The van der Waals surface area contributed by atoms with Crippen LogP contribution in [0.4, 0.5) is 5.82 Å². The Hall–Kier alpha value is -1.22. The second-order valence-electron chi connectivity index (χ2n) is 11.9. The zero-order valence-electron chi connectivity index (χ0n) is 28.0. The van der Waals surface area contributed by atoms with Gasteiger partial charge in [-0.15, -0.1) is 0 Å². The summed E-state index contributed by atoms with van der Waals surface area (Å²) in [5.74, 6) is 0.00577. The van der Waals surface area contributed by atoms with Gasteiger partial charge in [0.05, 0.1) is 13.2 Å². The lowest BCUT2D eigenvalue weighted by Crippen LogP contribution is -2.37. The molecule has 15 nitrogen and oxygen atoms in total. The zero-order valence-corrected chi connectivity index (χ0v) is 29.8. The van der Waals surface area contributed by atoms with Crippen LogP contribution in [0.2, 0.25) is 0 Å². The Kier molecular flexibility index (Phi) is 20.7. The lowest BCUT2D eigenvalue weighted by atomic mass is 10.0. The van der Waals surface area contributed by atoms with Crippen LogP contribution in [0.3, 0.4) is 0 Å². The molecular weight excluding hydrogens is 656 g/mol. The molecule has 1 aliphatic rings. The predicted octanol–water partition coefficient (Wildman–Crippen LogP) is 5.28. The third-order valence-corrected chi connectivity index (χ3v) is 10.7. The second-order valence-corrected chi connectivity index (χ2v) is 15.3. The third-order valence-electron chi connectivity index (χ3n) is 7.81. The van der Waals surface area contributed by atoms with E-state index < -0.39 is 58.6 Å². The molecule has 1 saturated heterocycles. The van der Waals surface area contributed by atoms with E-state index in [2.05, 4.69) is 16.2 Å². The normalized spacial score (nSPS) is 22.3. The van der Waals surface area contributed by atoms with Crippen molar-refractivity contribution in [3.05, 3.63) is 22.7 Å². The molecule has 5 N–H and O–H groups in total. The van der Waals surface area contributed by atoms with Crippen molar-refractivity contribution in [2.24, 2.45) is 0 Å². The number of anilines is 1. The molecule has 6 atom stereocenters. The number of rotatable bonds is 28. The van der Waals surface area contributed by atoms with Crippen LogP contribution in [-0.2, 0) is 36.9 Å². The summed E-state index contributed by atoms with van der Waals surface area (Å²) in [4.78, 5) is 35.7. The van der Waals surface area contributed by atoms with Crippen molar-refractivity contribution in [1.82, 2.24) is 9.55 Å². The summed E-state index contributed by atoms with van der Waals surface area (Å²) in [5.41, 5.74) is 4.78. The molecule has 2 rings (SSSR count). The summed E-state index contributed by atoms with van der Waals surface area (Å²) in [6, 6.07) is 1.37. The lowest BCUT2D eigenvalue weighted by Gasteiger charge is -2.20. The molecule has 2 unspecified atom stereocenters. The average Bonchev–Trinajstić information content (AvgIpc) is 3.32. The quantitative estimate of drug-likeness (QED) is 0.0643. The molecule has 0 aliphatic carbocycles. The van der Waals surface area contributed by atoms with Crippen LogP contribution in [-0.4, -0.2) is 82.6 Å². The number of aliphatic hydroxyl groups is 1. The van der Waals surface area contributed by atoms with E-state index in [0.717, 1.165) is 17.4 Å². The Morgan fingerprint density at radius 2 is 1.47 bits per heavy atom. The van der Waals surface area contributed by atoms with Crippen molar-refractivity contribution in [3.63, 3.8) is 0 Å². The number of hydrogen-bond donors (Lipinski definition) is 4. The van der Waals surface area contributed by atoms with Crippen molar-refractivity contribution in [1.29, 1.82) is 0 Å². The molecule has 0 radical (unpaired) electrons. The van der Waals surface area contributed by atoms with Crippen LogP contribution in [0.1, 0.15) is 109 Å². The first-order valence-corrected chi connectivity index (χ1v) is 20.1. The molecule has 0 bridgehead atoms. The predicted molar refractivity (Wildman–Crippen MR) is 177 cm³/mol. The highest BCUT2D eigenvalue weighted by atomic mass is 31.3. The molecule has 0 spiro atoms. The molecular formula is C30H57N3O12P2. The first kappa shape index (κ1) is 41.9. The highest BCUT2D eigenvalue weighted by Crippen LogP contribution is 2.59. The maximum absolute atomic E-state index is 12.3. The van der Waals surface area contributed by atoms with Gasteiger partial charge >= 0.3 is 21.1 Å². The molecule has 0 saturated carbocycles. The molecule has 1 aromatic heterocycles. The smallest absolute Gasteiger partial charge is 0.387 e. The number of nitrogens with zero attached hydrogens (tertiary/aromatic N) is 2. The highest BCUT2D eigenvalue weighted by Gasteiger charge is 2.46. The minimum absolute atomic E-state index is 0.00577. The Labute approximate surface area is 278 Å². The van der Waals surface area contributed by atoms with Gasteiger partial charge in [0.1, 0.15) is 30.5 Å². The molecule has 2 heterocycles. The number of methoxy groups -OCH3 is 1. The van der Waals surface area contributed by atoms with E-state index >= 15 is 0 Å².